The van der Waals surface area contributed by atoms with Crippen LogP contribution in [0.1, 0.15) is 54.3 Å². The van der Waals surface area contributed by atoms with Gasteiger partial charge in [0.2, 0.25) is 0 Å². The summed E-state index contributed by atoms with van der Waals surface area (Å²) in [6.07, 6.45) is 3.67. The molecule has 2 atom stereocenters. The van der Waals surface area contributed by atoms with Crippen molar-refractivity contribution in [1.29, 1.82) is 0 Å². The van der Waals surface area contributed by atoms with Gasteiger partial charge in [0.05, 0.1) is 36.7 Å². The molecule has 0 saturated carbocycles. The van der Waals surface area contributed by atoms with Crippen molar-refractivity contribution in [2.45, 2.75) is 52.4 Å². The van der Waals surface area contributed by atoms with E-state index in [0.717, 1.165) is 22.9 Å². The standard InChI is InChI=1S/C28H30N4O2S/c1-18(2)34-22-12-10-21(11-13-22)32-27(26(30-28(32)35)25-9-5-6-14-29-25)24-16-19(3)31(20(24)4)17-23-8-7-15-33-23/h5-16,18,26-27H,17H2,1-4H3,(H,30,35)/t26-,27+/m1/s1. The third-order valence-corrected chi connectivity index (χ3v) is 6.72. The number of nitrogens with zero attached hydrogens (tertiary/aromatic N) is 3. The second-order valence-electron chi connectivity index (χ2n) is 9.15. The molecule has 4 aromatic rings. The molecule has 0 radical (unpaired) electrons. The van der Waals surface area contributed by atoms with Crippen LogP contribution in [0.15, 0.2) is 77.5 Å². The molecule has 35 heavy (non-hydrogen) atoms. The van der Waals surface area contributed by atoms with Crippen molar-refractivity contribution in [2.75, 3.05) is 4.90 Å². The Hall–Kier alpha value is -3.58. The molecule has 1 aliphatic rings. The molecule has 1 aromatic carbocycles. The maximum Gasteiger partial charge on any atom is 0.174 e. The third kappa shape index (κ3) is 4.56. The average molecular weight is 487 g/mol. The smallest absolute Gasteiger partial charge is 0.174 e. The van der Waals surface area contributed by atoms with Gasteiger partial charge in [-0.25, -0.2) is 0 Å². The Labute approximate surface area is 211 Å². The summed E-state index contributed by atoms with van der Waals surface area (Å²) in [5.74, 6) is 1.77. The molecule has 1 N–H and O–H groups in total. The van der Waals surface area contributed by atoms with Crippen LogP contribution in [0.4, 0.5) is 5.69 Å². The quantitative estimate of drug-likeness (QED) is 0.318. The summed E-state index contributed by atoms with van der Waals surface area (Å²) in [5.41, 5.74) is 5.53. The number of hydrogen-bond acceptors (Lipinski definition) is 4. The van der Waals surface area contributed by atoms with Gasteiger partial charge in [0, 0.05) is 23.3 Å². The first kappa shape index (κ1) is 23.2. The topological polar surface area (TPSA) is 55.5 Å². The summed E-state index contributed by atoms with van der Waals surface area (Å²) >= 11 is 5.89. The Morgan fingerprint density at radius 1 is 1.09 bits per heavy atom. The van der Waals surface area contributed by atoms with E-state index in [0.29, 0.717) is 11.7 Å². The molecule has 0 aliphatic carbocycles. The Kier molecular flexibility index (Phi) is 6.34. The first-order valence-electron chi connectivity index (χ1n) is 11.9. The molecule has 1 fully saturated rings. The van der Waals surface area contributed by atoms with E-state index in [4.69, 9.17) is 21.4 Å². The second-order valence-corrected chi connectivity index (χ2v) is 9.54. The van der Waals surface area contributed by atoms with Gasteiger partial charge in [0.1, 0.15) is 11.5 Å². The Morgan fingerprint density at radius 2 is 1.89 bits per heavy atom. The number of anilines is 1. The molecule has 0 spiro atoms. The molecular weight excluding hydrogens is 456 g/mol. The van der Waals surface area contributed by atoms with E-state index < -0.39 is 0 Å². The van der Waals surface area contributed by atoms with Crippen LogP contribution in [0.5, 0.6) is 5.75 Å². The number of aromatic nitrogens is 2. The SMILES string of the molecule is Cc1cc([C@H]2[C@@H](c3ccccn3)NC(=S)N2c2ccc(OC(C)C)cc2)c(C)n1Cc1ccco1. The van der Waals surface area contributed by atoms with Crippen molar-refractivity contribution in [3.63, 3.8) is 0 Å². The summed E-state index contributed by atoms with van der Waals surface area (Å²) < 4.78 is 13.8. The summed E-state index contributed by atoms with van der Waals surface area (Å²) in [6, 6.07) is 20.2. The minimum absolute atomic E-state index is 0.0641. The number of ether oxygens (including phenoxy) is 1. The number of hydrogen-bond donors (Lipinski definition) is 1. The van der Waals surface area contributed by atoms with E-state index >= 15 is 0 Å². The molecule has 180 valence electrons. The van der Waals surface area contributed by atoms with Gasteiger partial charge in [-0.2, -0.15) is 0 Å². The lowest BCUT2D eigenvalue weighted by molar-refractivity contribution is 0.242. The third-order valence-electron chi connectivity index (χ3n) is 6.41. The van der Waals surface area contributed by atoms with E-state index in [-0.39, 0.29) is 18.2 Å². The molecule has 1 saturated heterocycles. The van der Waals surface area contributed by atoms with E-state index in [1.54, 1.807) is 6.26 Å². The van der Waals surface area contributed by atoms with Crippen molar-refractivity contribution in [3.05, 3.63) is 102 Å². The molecule has 5 rings (SSSR count). The minimum atomic E-state index is -0.0900. The normalized spacial score (nSPS) is 17.7. The number of rotatable bonds is 7. The van der Waals surface area contributed by atoms with Crippen LogP contribution in [-0.4, -0.2) is 20.8 Å². The maximum absolute atomic E-state index is 5.89. The van der Waals surface area contributed by atoms with Crippen LogP contribution in [0.3, 0.4) is 0 Å². The summed E-state index contributed by atoms with van der Waals surface area (Å²) in [7, 11) is 0. The van der Waals surface area contributed by atoms with Crippen LogP contribution in [-0.2, 0) is 6.54 Å². The molecule has 7 heteroatoms. The van der Waals surface area contributed by atoms with Gasteiger partial charge >= 0.3 is 0 Å². The Morgan fingerprint density at radius 3 is 2.54 bits per heavy atom. The second kappa shape index (κ2) is 9.58. The number of nitrogens with one attached hydrogen (secondary N) is 1. The first-order valence-corrected chi connectivity index (χ1v) is 12.3. The highest BCUT2D eigenvalue weighted by molar-refractivity contribution is 7.80. The highest BCUT2D eigenvalue weighted by atomic mass is 32.1. The predicted molar refractivity (Wildman–Crippen MR) is 142 cm³/mol. The summed E-state index contributed by atoms with van der Waals surface area (Å²) in [6.45, 7) is 9.04. The summed E-state index contributed by atoms with van der Waals surface area (Å²) in [4.78, 5) is 6.88. The average Bonchev–Trinajstić information content (AvgIpc) is 3.55. The molecule has 0 bridgehead atoms. The van der Waals surface area contributed by atoms with Crippen molar-refractivity contribution in [3.8, 4) is 5.75 Å². The van der Waals surface area contributed by atoms with Gasteiger partial charge in [0.15, 0.2) is 5.11 Å². The van der Waals surface area contributed by atoms with Gasteiger partial charge in [-0.1, -0.05) is 6.07 Å². The van der Waals surface area contributed by atoms with Crippen molar-refractivity contribution >= 4 is 23.0 Å². The molecule has 4 heterocycles. The van der Waals surface area contributed by atoms with Gasteiger partial charge in [-0.05, 0) is 100 Å². The fourth-order valence-electron chi connectivity index (χ4n) is 4.84. The highest BCUT2D eigenvalue weighted by Crippen LogP contribution is 2.43. The minimum Gasteiger partial charge on any atom is -0.491 e. The molecule has 1 aliphatic heterocycles. The Bertz CT molecular complexity index is 1300. The lowest BCUT2D eigenvalue weighted by atomic mass is 9.96. The lowest BCUT2D eigenvalue weighted by Gasteiger charge is -2.28. The van der Waals surface area contributed by atoms with E-state index in [2.05, 4.69) is 57.9 Å². The van der Waals surface area contributed by atoms with Crippen molar-refractivity contribution in [1.82, 2.24) is 14.9 Å². The van der Waals surface area contributed by atoms with Crippen LogP contribution >= 0.6 is 12.2 Å². The zero-order valence-corrected chi connectivity index (χ0v) is 21.3. The van der Waals surface area contributed by atoms with Crippen molar-refractivity contribution in [2.24, 2.45) is 0 Å². The molecule has 6 nitrogen and oxygen atoms in total. The zero-order valence-electron chi connectivity index (χ0n) is 20.4. The fourth-order valence-corrected chi connectivity index (χ4v) is 5.18. The number of furan rings is 1. The van der Waals surface area contributed by atoms with Crippen LogP contribution in [0.2, 0.25) is 0 Å². The summed E-state index contributed by atoms with van der Waals surface area (Å²) in [5, 5.41) is 4.23. The lowest BCUT2D eigenvalue weighted by Crippen LogP contribution is -2.29. The van der Waals surface area contributed by atoms with E-state index in [1.165, 1.54) is 17.0 Å². The van der Waals surface area contributed by atoms with Crippen LogP contribution < -0.4 is 15.0 Å². The van der Waals surface area contributed by atoms with Gasteiger partial charge < -0.3 is 23.9 Å². The van der Waals surface area contributed by atoms with Crippen molar-refractivity contribution < 1.29 is 9.15 Å². The number of thiocarbonyl (C=S) groups is 1. The molecular formula is C28H30N4O2S. The van der Waals surface area contributed by atoms with E-state index in [1.807, 2.05) is 56.4 Å². The van der Waals surface area contributed by atoms with E-state index in [9.17, 15) is 0 Å². The highest BCUT2D eigenvalue weighted by Gasteiger charge is 2.42. The Balaban J connectivity index is 1.58. The van der Waals surface area contributed by atoms with Gasteiger partial charge in [-0.3, -0.25) is 4.98 Å². The number of pyridine rings is 1. The zero-order chi connectivity index (χ0) is 24.5. The van der Waals surface area contributed by atoms with Gasteiger partial charge in [0.25, 0.3) is 0 Å². The number of aryl methyl sites for hydroxylation is 1. The van der Waals surface area contributed by atoms with Crippen LogP contribution in [0, 0.1) is 13.8 Å². The molecule has 0 amide bonds. The first-order chi connectivity index (χ1) is 16.9. The fraction of sp³-hybridized carbons (Fsp3) is 0.286. The largest absolute Gasteiger partial charge is 0.491 e. The van der Waals surface area contributed by atoms with Crippen LogP contribution in [0.25, 0.3) is 0 Å². The van der Waals surface area contributed by atoms with Gasteiger partial charge in [-0.15, -0.1) is 0 Å². The molecule has 3 aromatic heterocycles. The predicted octanol–water partition coefficient (Wildman–Crippen LogP) is 6.11. The number of benzene rings is 1. The monoisotopic (exact) mass is 486 g/mol. The maximum atomic E-state index is 5.89. The molecule has 0 unspecified atom stereocenters.